The number of nitrogens with one attached hydrogen (secondary N) is 1. The van der Waals surface area contributed by atoms with Gasteiger partial charge >= 0.3 is 0 Å². The molecule has 0 spiro atoms. The normalized spacial score (nSPS) is 24.6. The fourth-order valence-electron chi connectivity index (χ4n) is 3.81. The van der Waals surface area contributed by atoms with E-state index in [1.54, 1.807) is 21.3 Å². The number of benzene rings is 1. The van der Waals surface area contributed by atoms with E-state index in [1.165, 1.54) is 25.7 Å². The lowest BCUT2D eigenvalue weighted by Gasteiger charge is -2.46. The van der Waals surface area contributed by atoms with Crippen molar-refractivity contribution >= 4 is 5.69 Å². The maximum absolute atomic E-state index is 5.50. The summed E-state index contributed by atoms with van der Waals surface area (Å²) in [6.07, 6.45) is 5.15. The Kier molecular flexibility index (Phi) is 4.62. The van der Waals surface area contributed by atoms with Crippen LogP contribution in [0.15, 0.2) is 12.1 Å². The van der Waals surface area contributed by atoms with Crippen LogP contribution >= 0.6 is 0 Å². The molecule has 0 unspecified atom stereocenters. The van der Waals surface area contributed by atoms with Crippen LogP contribution in [0.5, 0.6) is 17.2 Å². The van der Waals surface area contributed by atoms with Crippen molar-refractivity contribution < 1.29 is 14.2 Å². The fraction of sp³-hybridized carbons (Fsp3) is 0.647. The highest BCUT2D eigenvalue weighted by atomic mass is 16.5. The molecule has 0 radical (unpaired) electrons. The summed E-state index contributed by atoms with van der Waals surface area (Å²) < 4.78 is 16.4. The monoisotopic (exact) mass is 306 g/mol. The molecule has 2 aliphatic rings. The summed E-state index contributed by atoms with van der Waals surface area (Å²) in [4.78, 5) is 2.50. The van der Waals surface area contributed by atoms with Crippen molar-refractivity contribution in [1.82, 2.24) is 5.32 Å². The largest absolute Gasteiger partial charge is 0.493 e. The summed E-state index contributed by atoms with van der Waals surface area (Å²) in [5.74, 6) is 2.11. The second-order valence-corrected chi connectivity index (χ2v) is 5.99. The molecule has 1 N–H and O–H groups in total. The van der Waals surface area contributed by atoms with Crippen molar-refractivity contribution in [2.75, 3.05) is 39.3 Å². The molecule has 5 heteroatoms. The Morgan fingerprint density at radius 3 is 2.32 bits per heavy atom. The Labute approximate surface area is 132 Å². The van der Waals surface area contributed by atoms with Gasteiger partial charge in [0, 0.05) is 43.0 Å². The first-order valence-corrected chi connectivity index (χ1v) is 8.08. The van der Waals surface area contributed by atoms with E-state index < -0.39 is 0 Å². The third kappa shape index (κ3) is 2.70. The first kappa shape index (κ1) is 15.3. The number of rotatable bonds is 4. The van der Waals surface area contributed by atoms with E-state index in [-0.39, 0.29) is 0 Å². The summed E-state index contributed by atoms with van der Waals surface area (Å²) in [7, 11) is 4.98. The second-order valence-electron chi connectivity index (χ2n) is 5.99. The highest BCUT2D eigenvalue weighted by Gasteiger charge is 2.33. The highest BCUT2D eigenvalue weighted by molar-refractivity contribution is 5.64. The zero-order chi connectivity index (χ0) is 15.5. The van der Waals surface area contributed by atoms with E-state index in [1.807, 2.05) is 0 Å². The van der Waals surface area contributed by atoms with Crippen LogP contribution in [0.3, 0.4) is 0 Å². The number of ether oxygens (including phenoxy) is 3. The summed E-state index contributed by atoms with van der Waals surface area (Å²) in [6.45, 7) is 2.04. The van der Waals surface area contributed by atoms with Crippen molar-refractivity contribution in [3.05, 3.63) is 12.1 Å². The van der Waals surface area contributed by atoms with Gasteiger partial charge in [0.25, 0.3) is 0 Å². The van der Waals surface area contributed by atoms with Gasteiger partial charge in [0.05, 0.1) is 21.3 Å². The van der Waals surface area contributed by atoms with Crippen LogP contribution < -0.4 is 24.4 Å². The van der Waals surface area contributed by atoms with Gasteiger partial charge in [-0.15, -0.1) is 0 Å². The number of nitrogens with zero attached hydrogens (tertiary/aromatic N) is 1. The Morgan fingerprint density at radius 1 is 1.00 bits per heavy atom. The molecule has 3 rings (SSSR count). The van der Waals surface area contributed by atoms with Crippen LogP contribution in [-0.4, -0.2) is 46.5 Å². The standard InChI is InChI=1S/C17H26N2O3/c1-20-15-10-12(11-16(21-2)17(15)22-3)19-9-8-18-13-6-4-5-7-14(13)19/h10-11,13-14,18H,4-9H2,1-3H3/t13-,14+/m0/s1. The van der Waals surface area contributed by atoms with Crippen LogP contribution in [0.2, 0.25) is 0 Å². The molecule has 0 bridgehead atoms. The van der Waals surface area contributed by atoms with E-state index in [9.17, 15) is 0 Å². The van der Waals surface area contributed by atoms with E-state index in [4.69, 9.17) is 14.2 Å². The Bertz CT molecular complexity index is 494. The van der Waals surface area contributed by atoms with Gasteiger partial charge in [-0.1, -0.05) is 12.8 Å². The summed E-state index contributed by atoms with van der Waals surface area (Å²) in [5.41, 5.74) is 1.16. The third-order valence-corrected chi connectivity index (χ3v) is 4.87. The van der Waals surface area contributed by atoms with Crippen LogP contribution in [0.1, 0.15) is 25.7 Å². The van der Waals surface area contributed by atoms with Gasteiger partial charge in [-0.3, -0.25) is 0 Å². The van der Waals surface area contributed by atoms with Gasteiger partial charge in [-0.2, -0.15) is 0 Å². The Hall–Kier alpha value is -1.62. The Morgan fingerprint density at radius 2 is 1.68 bits per heavy atom. The molecule has 122 valence electrons. The number of piperazine rings is 1. The molecule has 2 fully saturated rings. The predicted octanol–water partition coefficient (Wildman–Crippen LogP) is 2.43. The molecule has 1 aliphatic carbocycles. The number of fused-ring (bicyclic) bond motifs is 1. The van der Waals surface area contributed by atoms with Gasteiger partial charge in [-0.05, 0) is 12.8 Å². The molecule has 0 amide bonds. The lowest BCUT2D eigenvalue weighted by Crippen LogP contribution is -2.59. The van der Waals surface area contributed by atoms with Gasteiger partial charge < -0.3 is 24.4 Å². The topological polar surface area (TPSA) is 43.0 Å². The average Bonchev–Trinajstić information content (AvgIpc) is 2.59. The zero-order valence-electron chi connectivity index (χ0n) is 13.7. The molecular weight excluding hydrogens is 280 g/mol. The zero-order valence-corrected chi connectivity index (χ0v) is 13.7. The summed E-state index contributed by atoms with van der Waals surface area (Å²) in [5, 5.41) is 3.67. The minimum atomic E-state index is 0.560. The van der Waals surface area contributed by atoms with Crippen molar-refractivity contribution in [2.24, 2.45) is 0 Å². The van der Waals surface area contributed by atoms with Gasteiger partial charge in [0.1, 0.15) is 0 Å². The molecule has 1 aromatic rings. The van der Waals surface area contributed by atoms with Crippen molar-refractivity contribution in [2.45, 2.75) is 37.8 Å². The molecule has 0 aromatic heterocycles. The third-order valence-electron chi connectivity index (χ3n) is 4.87. The molecule has 22 heavy (non-hydrogen) atoms. The maximum atomic E-state index is 5.50. The van der Waals surface area contributed by atoms with E-state index in [0.717, 1.165) is 30.3 Å². The molecule has 1 saturated heterocycles. The van der Waals surface area contributed by atoms with Crippen LogP contribution in [0, 0.1) is 0 Å². The van der Waals surface area contributed by atoms with Crippen LogP contribution in [-0.2, 0) is 0 Å². The van der Waals surface area contributed by atoms with E-state index in [2.05, 4.69) is 22.3 Å². The second kappa shape index (κ2) is 6.65. The minimum Gasteiger partial charge on any atom is -0.493 e. The van der Waals surface area contributed by atoms with Crippen molar-refractivity contribution in [3.63, 3.8) is 0 Å². The molecule has 1 saturated carbocycles. The summed E-state index contributed by atoms with van der Waals surface area (Å²) in [6, 6.07) is 5.29. The molecular formula is C17H26N2O3. The molecule has 1 aromatic carbocycles. The fourth-order valence-corrected chi connectivity index (χ4v) is 3.81. The minimum absolute atomic E-state index is 0.560. The average molecular weight is 306 g/mol. The number of hydrogen-bond donors (Lipinski definition) is 1. The molecule has 5 nitrogen and oxygen atoms in total. The van der Waals surface area contributed by atoms with E-state index >= 15 is 0 Å². The van der Waals surface area contributed by atoms with Crippen LogP contribution in [0.25, 0.3) is 0 Å². The SMILES string of the molecule is COc1cc(N2CCN[C@H]3CCCC[C@H]32)cc(OC)c1OC. The smallest absolute Gasteiger partial charge is 0.203 e. The number of methoxy groups -OCH3 is 3. The number of hydrogen-bond acceptors (Lipinski definition) is 5. The van der Waals surface area contributed by atoms with Crippen molar-refractivity contribution in [1.29, 1.82) is 0 Å². The van der Waals surface area contributed by atoms with Crippen LogP contribution in [0.4, 0.5) is 5.69 Å². The van der Waals surface area contributed by atoms with Gasteiger partial charge in [-0.25, -0.2) is 0 Å². The summed E-state index contributed by atoms with van der Waals surface area (Å²) >= 11 is 0. The van der Waals surface area contributed by atoms with Crippen molar-refractivity contribution in [3.8, 4) is 17.2 Å². The lowest BCUT2D eigenvalue weighted by molar-refractivity contribution is 0.283. The molecule has 2 atom stereocenters. The van der Waals surface area contributed by atoms with Gasteiger partial charge in [0.2, 0.25) is 5.75 Å². The molecule has 1 heterocycles. The van der Waals surface area contributed by atoms with Gasteiger partial charge in [0.15, 0.2) is 11.5 Å². The first-order valence-electron chi connectivity index (χ1n) is 8.08. The lowest BCUT2D eigenvalue weighted by atomic mass is 9.87. The quantitative estimate of drug-likeness (QED) is 0.925. The number of anilines is 1. The van der Waals surface area contributed by atoms with E-state index in [0.29, 0.717) is 17.8 Å². The highest BCUT2D eigenvalue weighted by Crippen LogP contribution is 2.42. The molecule has 1 aliphatic heterocycles. The maximum Gasteiger partial charge on any atom is 0.203 e. The first-order chi connectivity index (χ1) is 10.8. The Balaban J connectivity index is 1.96. The predicted molar refractivity (Wildman–Crippen MR) is 87.5 cm³/mol.